The highest BCUT2D eigenvalue weighted by atomic mass is 35.5. The highest BCUT2D eigenvalue weighted by Gasteiger charge is 2.23. The van der Waals surface area contributed by atoms with Crippen LogP contribution in [0.4, 0.5) is 0 Å². The van der Waals surface area contributed by atoms with Gasteiger partial charge in [0.1, 0.15) is 5.78 Å². The SMILES string of the molecule is Cc1cccc(-c2nnc(SCC(=O)C(C)(C)C)n2-c2ccc(Cl)cc2)c1. The molecular formula is C21H22ClN3OS. The Morgan fingerprint density at radius 1 is 1.11 bits per heavy atom. The Bertz CT molecular complexity index is 958. The zero-order chi connectivity index (χ0) is 19.6. The number of aryl methyl sites for hydroxylation is 1. The smallest absolute Gasteiger partial charge is 0.196 e. The minimum atomic E-state index is -0.377. The van der Waals surface area contributed by atoms with E-state index in [4.69, 9.17) is 11.6 Å². The van der Waals surface area contributed by atoms with Gasteiger partial charge in [-0.1, -0.05) is 67.9 Å². The van der Waals surface area contributed by atoms with E-state index in [1.54, 1.807) is 0 Å². The lowest BCUT2D eigenvalue weighted by Crippen LogP contribution is -2.22. The van der Waals surface area contributed by atoms with E-state index in [1.165, 1.54) is 11.8 Å². The first-order valence-corrected chi connectivity index (χ1v) is 10.1. The highest BCUT2D eigenvalue weighted by molar-refractivity contribution is 7.99. The van der Waals surface area contributed by atoms with Gasteiger partial charge in [0.2, 0.25) is 0 Å². The third kappa shape index (κ3) is 4.60. The molecule has 0 atom stereocenters. The lowest BCUT2D eigenvalue weighted by molar-refractivity contribution is -0.123. The number of carbonyl (C=O) groups excluding carboxylic acids is 1. The second kappa shape index (κ2) is 7.87. The van der Waals surface area contributed by atoms with Gasteiger partial charge in [0.25, 0.3) is 0 Å². The second-order valence-corrected chi connectivity index (χ2v) is 8.83. The van der Waals surface area contributed by atoms with E-state index in [9.17, 15) is 4.79 Å². The summed E-state index contributed by atoms with van der Waals surface area (Å²) in [6, 6.07) is 15.7. The molecule has 1 aromatic heterocycles. The molecule has 0 amide bonds. The number of thioether (sulfide) groups is 1. The van der Waals surface area contributed by atoms with Gasteiger partial charge >= 0.3 is 0 Å². The van der Waals surface area contributed by atoms with E-state index in [1.807, 2.05) is 74.7 Å². The summed E-state index contributed by atoms with van der Waals surface area (Å²) in [6.07, 6.45) is 0. The zero-order valence-electron chi connectivity index (χ0n) is 15.9. The molecule has 6 heteroatoms. The van der Waals surface area contributed by atoms with Crippen LogP contribution >= 0.6 is 23.4 Å². The molecule has 0 aliphatic carbocycles. The number of hydrogen-bond donors (Lipinski definition) is 0. The van der Waals surface area contributed by atoms with Crippen LogP contribution in [0, 0.1) is 12.3 Å². The molecule has 3 rings (SSSR count). The number of carbonyl (C=O) groups is 1. The fourth-order valence-corrected chi connectivity index (χ4v) is 3.74. The van der Waals surface area contributed by atoms with Crippen molar-refractivity contribution in [3.05, 3.63) is 59.1 Å². The van der Waals surface area contributed by atoms with E-state index in [0.29, 0.717) is 15.9 Å². The molecule has 0 saturated heterocycles. The average Bonchev–Trinajstić information content (AvgIpc) is 3.03. The molecular weight excluding hydrogens is 378 g/mol. The van der Waals surface area contributed by atoms with Gasteiger partial charge in [-0.15, -0.1) is 10.2 Å². The van der Waals surface area contributed by atoms with Crippen LogP contribution in [-0.4, -0.2) is 26.3 Å². The molecule has 0 unspecified atom stereocenters. The van der Waals surface area contributed by atoms with Gasteiger partial charge in [0, 0.05) is 21.7 Å². The summed E-state index contributed by atoms with van der Waals surface area (Å²) in [5.41, 5.74) is 2.66. The van der Waals surface area contributed by atoms with Gasteiger partial charge < -0.3 is 0 Å². The summed E-state index contributed by atoms with van der Waals surface area (Å²) in [6.45, 7) is 7.83. The Morgan fingerprint density at radius 2 is 1.81 bits per heavy atom. The van der Waals surface area contributed by atoms with Crippen molar-refractivity contribution >= 4 is 29.1 Å². The molecule has 0 N–H and O–H groups in total. The van der Waals surface area contributed by atoms with Crippen molar-refractivity contribution in [1.82, 2.24) is 14.8 Å². The maximum Gasteiger partial charge on any atom is 0.196 e. The number of aromatic nitrogens is 3. The van der Waals surface area contributed by atoms with Crippen molar-refractivity contribution in [3.8, 4) is 17.1 Å². The minimum Gasteiger partial charge on any atom is -0.298 e. The summed E-state index contributed by atoms with van der Waals surface area (Å²) in [5, 5.41) is 10.1. The Labute approximate surface area is 169 Å². The van der Waals surface area contributed by atoms with Gasteiger partial charge in [-0.05, 0) is 37.3 Å². The monoisotopic (exact) mass is 399 g/mol. The number of Topliss-reactive ketones (excluding diaryl/α,β-unsaturated/α-hetero) is 1. The summed E-state index contributed by atoms with van der Waals surface area (Å²) in [7, 11) is 0. The molecule has 0 fully saturated rings. The van der Waals surface area contributed by atoms with Crippen molar-refractivity contribution in [2.75, 3.05) is 5.75 Å². The fourth-order valence-electron chi connectivity index (χ4n) is 2.50. The molecule has 0 radical (unpaired) electrons. The number of hydrogen-bond acceptors (Lipinski definition) is 4. The topological polar surface area (TPSA) is 47.8 Å². The van der Waals surface area contributed by atoms with Crippen molar-refractivity contribution in [3.63, 3.8) is 0 Å². The van der Waals surface area contributed by atoms with E-state index in [2.05, 4.69) is 16.3 Å². The Morgan fingerprint density at radius 3 is 2.44 bits per heavy atom. The summed E-state index contributed by atoms with van der Waals surface area (Å²) in [5.74, 6) is 1.27. The van der Waals surface area contributed by atoms with Gasteiger partial charge in [-0.2, -0.15) is 0 Å². The molecule has 2 aromatic carbocycles. The predicted molar refractivity (Wildman–Crippen MR) is 112 cm³/mol. The molecule has 140 valence electrons. The van der Waals surface area contributed by atoms with Crippen LogP contribution < -0.4 is 0 Å². The number of halogens is 1. The normalized spacial score (nSPS) is 11.6. The van der Waals surface area contributed by atoms with Gasteiger partial charge in [-0.25, -0.2) is 0 Å². The van der Waals surface area contributed by atoms with E-state index in [0.717, 1.165) is 22.6 Å². The number of benzene rings is 2. The fraction of sp³-hybridized carbons (Fsp3) is 0.286. The molecule has 0 bridgehead atoms. The molecule has 0 aliphatic rings. The second-order valence-electron chi connectivity index (χ2n) is 7.45. The van der Waals surface area contributed by atoms with E-state index in [-0.39, 0.29) is 11.2 Å². The molecule has 4 nitrogen and oxygen atoms in total. The van der Waals surface area contributed by atoms with Crippen LogP contribution in [0.25, 0.3) is 17.1 Å². The molecule has 0 aliphatic heterocycles. The molecule has 27 heavy (non-hydrogen) atoms. The van der Waals surface area contributed by atoms with Crippen molar-refractivity contribution in [1.29, 1.82) is 0 Å². The minimum absolute atomic E-state index is 0.176. The summed E-state index contributed by atoms with van der Waals surface area (Å²) in [4.78, 5) is 12.4. The summed E-state index contributed by atoms with van der Waals surface area (Å²) >= 11 is 7.46. The predicted octanol–water partition coefficient (Wildman–Crippen LogP) is 5.60. The highest BCUT2D eigenvalue weighted by Crippen LogP contribution is 2.30. The van der Waals surface area contributed by atoms with Crippen molar-refractivity contribution in [2.24, 2.45) is 5.41 Å². The lowest BCUT2D eigenvalue weighted by Gasteiger charge is -2.16. The van der Waals surface area contributed by atoms with Crippen LogP contribution in [0.2, 0.25) is 5.02 Å². The third-order valence-corrected chi connectivity index (χ3v) is 5.34. The standard InChI is InChI=1S/C21H22ClN3OS/c1-14-6-5-7-15(12-14)19-23-24-20(27-13-18(26)21(2,3)4)25(19)17-10-8-16(22)9-11-17/h5-12H,13H2,1-4H3. The Balaban J connectivity index is 2.03. The molecule has 0 spiro atoms. The van der Waals surface area contributed by atoms with Gasteiger partial charge in [0.05, 0.1) is 5.75 Å². The number of nitrogens with zero attached hydrogens (tertiary/aromatic N) is 3. The van der Waals surface area contributed by atoms with E-state index < -0.39 is 0 Å². The van der Waals surface area contributed by atoms with Crippen molar-refractivity contribution < 1.29 is 4.79 Å². The van der Waals surface area contributed by atoms with Gasteiger partial charge in [0.15, 0.2) is 11.0 Å². The van der Waals surface area contributed by atoms with Crippen LogP contribution in [0.3, 0.4) is 0 Å². The number of ketones is 1. The summed E-state index contributed by atoms with van der Waals surface area (Å²) < 4.78 is 1.98. The van der Waals surface area contributed by atoms with Crippen LogP contribution in [0.5, 0.6) is 0 Å². The first-order chi connectivity index (χ1) is 12.8. The largest absolute Gasteiger partial charge is 0.298 e. The maximum atomic E-state index is 12.4. The third-order valence-electron chi connectivity index (χ3n) is 4.16. The van der Waals surface area contributed by atoms with Crippen LogP contribution in [0.15, 0.2) is 53.7 Å². The van der Waals surface area contributed by atoms with Crippen LogP contribution in [0.1, 0.15) is 26.3 Å². The Hall–Kier alpha value is -2.11. The zero-order valence-corrected chi connectivity index (χ0v) is 17.4. The average molecular weight is 400 g/mol. The molecule has 0 saturated carbocycles. The quantitative estimate of drug-likeness (QED) is 0.523. The van der Waals surface area contributed by atoms with Gasteiger partial charge in [-0.3, -0.25) is 9.36 Å². The van der Waals surface area contributed by atoms with E-state index >= 15 is 0 Å². The maximum absolute atomic E-state index is 12.4. The lowest BCUT2D eigenvalue weighted by atomic mass is 9.92. The van der Waals surface area contributed by atoms with Crippen molar-refractivity contribution in [2.45, 2.75) is 32.9 Å². The Kier molecular flexibility index (Phi) is 5.72. The number of rotatable bonds is 5. The molecule has 1 heterocycles. The first kappa shape index (κ1) is 19.6. The van der Waals surface area contributed by atoms with Crippen LogP contribution in [-0.2, 0) is 4.79 Å². The molecule has 3 aromatic rings. The first-order valence-electron chi connectivity index (χ1n) is 8.70.